The second-order valence-corrected chi connectivity index (χ2v) is 11.0. The maximum atomic E-state index is 13.6. The highest BCUT2D eigenvalue weighted by Crippen LogP contribution is 2.31. The van der Waals surface area contributed by atoms with Crippen LogP contribution < -0.4 is 4.72 Å². The normalized spacial score (nSPS) is 15.6. The number of hydrogen-bond donors (Lipinski definition) is 2. The minimum absolute atomic E-state index is 0.0895. The molecule has 0 spiro atoms. The predicted octanol–water partition coefficient (Wildman–Crippen LogP) is 3.49. The summed E-state index contributed by atoms with van der Waals surface area (Å²) in [5.74, 6) is 0.138. The number of carbonyl (C=O) groups excluding carboxylic acids is 1. The Labute approximate surface area is 213 Å². The number of piperidine rings is 1. The van der Waals surface area contributed by atoms with Crippen molar-refractivity contribution in [2.24, 2.45) is 5.92 Å². The van der Waals surface area contributed by atoms with Crippen molar-refractivity contribution in [2.75, 3.05) is 13.1 Å². The summed E-state index contributed by atoms with van der Waals surface area (Å²) in [4.78, 5) is 26.4. The van der Waals surface area contributed by atoms with Gasteiger partial charge in [0.2, 0.25) is 15.9 Å². The molecular formula is C24H26ClN5O5S. The van der Waals surface area contributed by atoms with Crippen LogP contribution in [0.1, 0.15) is 31.9 Å². The number of nitriles is 1. The number of nitrogens with zero attached hydrogens (tertiary/aromatic N) is 4. The molecule has 1 saturated heterocycles. The summed E-state index contributed by atoms with van der Waals surface area (Å²) in [7, 11) is -4.34. The van der Waals surface area contributed by atoms with Crippen molar-refractivity contribution < 1.29 is 23.1 Å². The summed E-state index contributed by atoms with van der Waals surface area (Å²) in [6, 6.07) is 8.43. The van der Waals surface area contributed by atoms with Crippen LogP contribution >= 0.6 is 11.6 Å². The zero-order valence-electron chi connectivity index (χ0n) is 19.6. The molecule has 2 N–H and O–H groups in total. The summed E-state index contributed by atoms with van der Waals surface area (Å²) in [6.07, 6.45) is 3.44. The number of nitrogens with one attached hydrogen (secondary N) is 1. The van der Waals surface area contributed by atoms with Crippen LogP contribution in [0, 0.1) is 17.2 Å². The lowest BCUT2D eigenvalue weighted by Gasteiger charge is -2.33. The molecule has 0 aliphatic carbocycles. The summed E-state index contributed by atoms with van der Waals surface area (Å²) in [5.41, 5.74) is 0.560. The first kappa shape index (κ1) is 25.8. The number of carboxylic acid groups (broad SMARTS) is 1. The first-order valence-electron chi connectivity index (χ1n) is 11.5. The molecule has 10 nitrogen and oxygen atoms in total. The topological polar surface area (TPSA) is 137 Å². The molecule has 4 rings (SSSR count). The van der Waals surface area contributed by atoms with Gasteiger partial charge in [-0.25, -0.2) is 13.2 Å². The highest BCUT2D eigenvalue weighted by molar-refractivity contribution is 7.90. The maximum Gasteiger partial charge on any atom is 0.415 e. The van der Waals surface area contributed by atoms with Gasteiger partial charge in [0.15, 0.2) is 0 Å². The fourth-order valence-electron chi connectivity index (χ4n) is 4.51. The van der Waals surface area contributed by atoms with E-state index in [4.69, 9.17) is 11.6 Å². The zero-order chi connectivity index (χ0) is 26.0. The van der Waals surface area contributed by atoms with E-state index in [1.807, 2.05) is 0 Å². The maximum absolute atomic E-state index is 13.6. The summed E-state index contributed by atoms with van der Waals surface area (Å²) in [5, 5.41) is 18.8. The predicted molar refractivity (Wildman–Crippen MR) is 133 cm³/mol. The number of carbonyl (C=O) groups is 2. The Kier molecular flexibility index (Phi) is 7.40. The third-order valence-corrected chi connectivity index (χ3v) is 8.54. The first-order chi connectivity index (χ1) is 17.1. The van der Waals surface area contributed by atoms with Gasteiger partial charge in [-0.1, -0.05) is 18.5 Å². The van der Waals surface area contributed by atoms with E-state index in [0.717, 1.165) is 17.4 Å². The van der Waals surface area contributed by atoms with Crippen LogP contribution in [-0.4, -0.2) is 58.7 Å². The van der Waals surface area contributed by atoms with Crippen molar-refractivity contribution >= 4 is 44.5 Å². The number of amides is 1. The molecular weight excluding hydrogens is 506 g/mol. The second-order valence-electron chi connectivity index (χ2n) is 8.95. The van der Waals surface area contributed by atoms with Crippen LogP contribution in [0.4, 0.5) is 4.79 Å². The molecule has 1 atom stereocenters. The summed E-state index contributed by atoms with van der Waals surface area (Å²) < 4.78 is 32.3. The molecule has 1 unspecified atom stereocenters. The van der Waals surface area contributed by atoms with Gasteiger partial charge in [0, 0.05) is 37.4 Å². The van der Waals surface area contributed by atoms with E-state index in [0.29, 0.717) is 24.7 Å². The summed E-state index contributed by atoms with van der Waals surface area (Å²) in [6.45, 7) is 3.42. The molecule has 1 aliphatic heterocycles. The average Bonchev–Trinajstić information content (AvgIpc) is 3.48. The monoisotopic (exact) mass is 531 g/mol. The average molecular weight is 532 g/mol. The van der Waals surface area contributed by atoms with E-state index in [1.165, 1.54) is 24.4 Å². The molecule has 12 heteroatoms. The lowest BCUT2D eigenvalue weighted by atomic mass is 9.98. The minimum atomic E-state index is -4.34. The number of halogens is 1. The van der Waals surface area contributed by atoms with Crippen molar-refractivity contribution in [1.29, 1.82) is 5.26 Å². The number of sulfonamides is 1. The standard InChI is InChI=1S/C24H26ClN5O5S/c1-16-6-11-29(12-7-16)23(31)20(9-13-28-10-2-3-17(28)15-26)27-36(34,35)22-18-8-14-30(24(32)33)21(18)5-4-19(22)25/h2-5,8,10,14,16,20,27H,6-7,9,11-13H2,1H3,(H,32,33). The third kappa shape index (κ3) is 5.11. The minimum Gasteiger partial charge on any atom is -0.464 e. The van der Waals surface area contributed by atoms with Gasteiger partial charge in [-0.2, -0.15) is 9.98 Å². The lowest BCUT2D eigenvalue weighted by molar-refractivity contribution is -0.134. The smallest absolute Gasteiger partial charge is 0.415 e. The largest absolute Gasteiger partial charge is 0.464 e. The molecule has 2 aromatic heterocycles. The fraction of sp³-hybridized carbons (Fsp3) is 0.375. The molecule has 0 radical (unpaired) electrons. The Hall–Kier alpha value is -3.33. The van der Waals surface area contributed by atoms with Gasteiger partial charge in [-0.05, 0) is 55.5 Å². The molecule has 1 aromatic carbocycles. The third-order valence-electron chi connectivity index (χ3n) is 6.54. The van der Waals surface area contributed by atoms with Crippen LogP contribution in [0.15, 0.2) is 47.6 Å². The van der Waals surface area contributed by atoms with Crippen LogP contribution in [0.5, 0.6) is 0 Å². The van der Waals surface area contributed by atoms with E-state index >= 15 is 0 Å². The summed E-state index contributed by atoms with van der Waals surface area (Å²) >= 11 is 6.29. The van der Waals surface area contributed by atoms with Gasteiger partial charge in [0.1, 0.15) is 22.7 Å². The molecule has 3 heterocycles. The number of likely N-dealkylation sites (tertiary alicyclic amines) is 1. The number of aryl methyl sites for hydroxylation is 1. The Balaban J connectivity index is 1.67. The van der Waals surface area contributed by atoms with Crippen molar-refractivity contribution in [2.45, 2.75) is 43.7 Å². The Morgan fingerprint density at radius 2 is 1.94 bits per heavy atom. The molecule has 0 saturated carbocycles. The molecule has 1 fully saturated rings. The molecule has 190 valence electrons. The van der Waals surface area contributed by atoms with Crippen molar-refractivity contribution in [3.8, 4) is 6.07 Å². The molecule has 36 heavy (non-hydrogen) atoms. The number of rotatable bonds is 7. The van der Waals surface area contributed by atoms with E-state index in [9.17, 15) is 28.4 Å². The number of aromatic nitrogens is 2. The number of benzene rings is 1. The van der Waals surface area contributed by atoms with E-state index in [1.54, 1.807) is 27.8 Å². The molecule has 1 amide bonds. The zero-order valence-corrected chi connectivity index (χ0v) is 21.2. The Bertz CT molecular complexity index is 1450. The Morgan fingerprint density at radius 1 is 1.22 bits per heavy atom. The first-order valence-corrected chi connectivity index (χ1v) is 13.4. The van der Waals surface area contributed by atoms with Crippen molar-refractivity contribution in [1.82, 2.24) is 18.8 Å². The van der Waals surface area contributed by atoms with Gasteiger partial charge >= 0.3 is 6.09 Å². The van der Waals surface area contributed by atoms with Gasteiger partial charge in [-0.3, -0.25) is 9.36 Å². The van der Waals surface area contributed by atoms with Gasteiger partial charge < -0.3 is 14.6 Å². The van der Waals surface area contributed by atoms with E-state index < -0.39 is 22.2 Å². The highest BCUT2D eigenvalue weighted by atomic mass is 35.5. The molecule has 0 bridgehead atoms. The van der Waals surface area contributed by atoms with Crippen LogP contribution in [0.3, 0.4) is 0 Å². The van der Waals surface area contributed by atoms with E-state index in [-0.39, 0.29) is 39.7 Å². The van der Waals surface area contributed by atoms with E-state index in [2.05, 4.69) is 17.7 Å². The van der Waals surface area contributed by atoms with Crippen LogP contribution in [-0.2, 0) is 21.4 Å². The highest BCUT2D eigenvalue weighted by Gasteiger charge is 2.33. The van der Waals surface area contributed by atoms with Crippen LogP contribution in [0.2, 0.25) is 5.02 Å². The number of fused-ring (bicyclic) bond motifs is 1. The second kappa shape index (κ2) is 10.3. The molecule has 3 aromatic rings. The lowest BCUT2D eigenvalue weighted by Crippen LogP contribution is -2.51. The van der Waals surface area contributed by atoms with Gasteiger partial charge in [-0.15, -0.1) is 0 Å². The fourth-order valence-corrected chi connectivity index (χ4v) is 6.48. The van der Waals surface area contributed by atoms with Gasteiger partial charge in [0.25, 0.3) is 0 Å². The van der Waals surface area contributed by atoms with Crippen molar-refractivity contribution in [3.05, 3.63) is 53.4 Å². The quantitative estimate of drug-likeness (QED) is 0.478. The van der Waals surface area contributed by atoms with Crippen molar-refractivity contribution in [3.63, 3.8) is 0 Å². The number of hydrogen-bond acceptors (Lipinski definition) is 5. The SMILES string of the molecule is CC1CCN(C(=O)C(CCn2cccc2C#N)NS(=O)(=O)c2c(Cl)ccc3c2ccn3C(=O)O)CC1. The molecule has 1 aliphatic rings. The Morgan fingerprint density at radius 3 is 2.61 bits per heavy atom. The van der Waals surface area contributed by atoms with Gasteiger partial charge in [0.05, 0.1) is 10.5 Å². The van der Waals surface area contributed by atoms with Crippen LogP contribution in [0.25, 0.3) is 10.9 Å².